The van der Waals surface area contributed by atoms with Gasteiger partial charge in [0.15, 0.2) is 5.66 Å². The monoisotopic (exact) mass is 284 g/mol. The first-order valence-electron chi connectivity index (χ1n) is 7.18. The SMILES string of the molecule is CCCNC1(C(N)=O)C=c2c(n(C)c3ccccc23)=CN1. The van der Waals surface area contributed by atoms with Crippen LogP contribution in [0.4, 0.5) is 0 Å². The van der Waals surface area contributed by atoms with E-state index in [0.717, 1.165) is 27.9 Å². The maximum absolute atomic E-state index is 12.0. The highest BCUT2D eigenvalue weighted by molar-refractivity contribution is 5.94. The second kappa shape index (κ2) is 4.93. The molecule has 0 fully saturated rings. The first kappa shape index (κ1) is 13.7. The number of hydrogen-bond donors (Lipinski definition) is 3. The number of para-hydroxylation sites is 1. The summed E-state index contributed by atoms with van der Waals surface area (Å²) >= 11 is 0. The lowest BCUT2D eigenvalue weighted by Crippen LogP contribution is -2.65. The lowest BCUT2D eigenvalue weighted by molar-refractivity contribution is -0.122. The average molecular weight is 284 g/mol. The normalized spacial score (nSPS) is 20.3. The number of carbonyl (C=O) groups excluding carboxylic acids is 1. The molecule has 0 bridgehead atoms. The molecule has 3 rings (SSSR count). The van der Waals surface area contributed by atoms with Gasteiger partial charge in [0.1, 0.15) is 0 Å². The zero-order valence-electron chi connectivity index (χ0n) is 12.3. The molecule has 1 aliphatic heterocycles. The Morgan fingerprint density at radius 1 is 1.43 bits per heavy atom. The molecular weight excluding hydrogens is 264 g/mol. The molecule has 110 valence electrons. The van der Waals surface area contributed by atoms with E-state index in [2.05, 4.69) is 34.3 Å². The average Bonchev–Trinajstić information content (AvgIpc) is 2.78. The zero-order valence-corrected chi connectivity index (χ0v) is 12.3. The maximum Gasteiger partial charge on any atom is 0.262 e. The van der Waals surface area contributed by atoms with Crippen LogP contribution < -0.4 is 26.9 Å². The quantitative estimate of drug-likeness (QED) is 0.707. The minimum Gasteiger partial charge on any atom is -0.366 e. The predicted molar refractivity (Wildman–Crippen MR) is 84.5 cm³/mol. The van der Waals surface area contributed by atoms with Gasteiger partial charge < -0.3 is 15.6 Å². The Hall–Kier alpha value is -2.27. The number of benzene rings is 1. The molecule has 0 saturated carbocycles. The van der Waals surface area contributed by atoms with Gasteiger partial charge in [0.05, 0.1) is 5.35 Å². The first-order chi connectivity index (χ1) is 10.1. The molecule has 5 nitrogen and oxygen atoms in total. The smallest absolute Gasteiger partial charge is 0.262 e. The molecule has 0 spiro atoms. The summed E-state index contributed by atoms with van der Waals surface area (Å²) in [6, 6.07) is 8.15. The number of aryl methyl sites for hydroxylation is 1. The highest BCUT2D eigenvalue weighted by Gasteiger charge is 2.34. The van der Waals surface area contributed by atoms with Crippen LogP contribution in [-0.4, -0.2) is 22.7 Å². The van der Waals surface area contributed by atoms with Crippen molar-refractivity contribution in [3.63, 3.8) is 0 Å². The van der Waals surface area contributed by atoms with Gasteiger partial charge in [-0.1, -0.05) is 25.1 Å². The van der Waals surface area contributed by atoms with Gasteiger partial charge in [0.2, 0.25) is 0 Å². The second-order valence-electron chi connectivity index (χ2n) is 5.41. The van der Waals surface area contributed by atoms with E-state index in [1.54, 1.807) is 0 Å². The number of nitrogens with two attached hydrogens (primary N) is 1. The van der Waals surface area contributed by atoms with Crippen molar-refractivity contribution < 1.29 is 4.79 Å². The number of rotatable bonds is 4. The third kappa shape index (κ3) is 2.01. The van der Waals surface area contributed by atoms with Gasteiger partial charge >= 0.3 is 0 Å². The third-order valence-electron chi connectivity index (χ3n) is 4.03. The lowest BCUT2D eigenvalue weighted by atomic mass is 10.0. The molecular formula is C16H20N4O. The molecule has 0 aliphatic carbocycles. The summed E-state index contributed by atoms with van der Waals surface area (Å²) < 4.78 is 2.11. The van der Waals surface area contributed by atoms with Crippen molar-refractivity contribution in [3.8, 4) is 0 Å². The fraction of sp³-hybridized carbons (Fsp3) is 0.312. The van der Waals surface area contributed by atoms with Crippen LogP contribution in [0.2, 0.25) is 0 Å². The summed E-state index contributed by atoms with van der Waals surface area (Å²) in [5, 5.41) is 9.56. The van der Waals surface area contributed by atoms with Crippen molar-refractivity contribution in [1.82, 2.24) is 15.2 Å². The molecule has 1 amide bonds. The highest BCUT2D eigenvalue weighted by Crippen LogP contribution is 2.11. The summed E-state index contributed by atoms with van der Waals surface area (Å²) in [5.74, 6) is -0.425. The first-order valence-corrected chi connectivity index (χ1v) is 7.18. The maximum atomic E-state index is 12.0. The second-order valence-corrected chi connectivity index (χ2v) is 5.41. The summed E-state index contributed by atoms with van der Waals surface area (Å²) in [4.78, 5) is 12.0. The van der Waals surface area contributed by atoms with E-state index in [-0.39, 0.29) is 0 Å². The Morgan fingerprint density at radius 2 is 2.19 bits per heavy atom. The van der Waals surface area contributed by atoms with Crippen molar-refractivity contribution in [2.75, 3.05) is 6.54 Å². The topological polar surface area (TPSA) is 72.1 Å². The molecule has 1 aromatic heterocycles. The van der Waals surface area contributed by atoms with Crippen LogP contribution in [0.3, 0.4) is 0 Å². The zero-order chi connectivity index (χ0) is 15.0. The molecule has 1 atom stereocenters. The summed E-state index contributed by atoms with van der Waals surface area (Å²) in [6.07, 6.45) is 4.69. The lowest BCUT2D eigenvalue weighted by Gasteiger charge is -2.30. The molecule has 0 saturated heterocycles. The van der Waals surface area contributed by atoms with Crippen LogP contribution in [-0.2, 0) is 11.8 Å². The Morgan fingerprint density at radius 3 is 2.90 bits per heavy atom. The summed E-state index contributed by atoms with van der Waals surface area (Å²) in [7, 11) is 2.02. The third-order valence-corrected chi connectivity index (χ3v) is 4.03. The van der Waals surface area contributed by atoms with Gasteiger partial charge in [-0.15, -0.1) is 0 Å². The molecule has 1 unspecified atom stereocenters. The molecule has 1 aliphatic rings. The largest absolute Gasteiger partial charge is 0.366 e. The Bertz CT molecular complexity index is 821. The molecule has 21 heavy (non-hydrogen) atoms. The highest BCUT2D eigenvalue weighted by atomic mass is 16.2. The van der Waals surface area contributed by atoms with E-state index in [1.165, 1.54) is 0 Å². The number of aromatic nitrogens is 1. The fourth-order valence-electron chi connectivity index (χ4n) is 2.86. The van der Waals surface area contributed by atoms with Crippen LogP contribution in [0, 0.1) is 0 Å². The van der Waals surface area contributed by atoms with Crippen molar-refractivity contribution in [2.24, 2.45) is 12.8 Å². The van der Waals surface area contributed by atoms with Crippen molar-refractivity contribution in [3.05, 3.63) is 34.8 Å². The number of hydrogen-bond acceptors (Lipinski definition) is 3. The number of fused-ring (bicyclic) bond motifs is 3. The minimum absolute atomic E-state index is 0.425. The van der Waals surface area contributed by atoms with Crippen LogP contribution in [0.1, 0.15) is 13.3 Å². The molecule has 5 heteroatoms. The predicted octanol–water partition coefficient (Wildman–Crippen LogP) is -0.519. The van der Waals surface area contributed by atoms with E-state index in [1.807, 2.05) is 31.5 Å². The molecule has 1 aromatic carbocycles. The number of nitrogens with zero attached hydrogens (tertiary/aromatic N) is 1. The van der Waals surface area contributed by atoms with Crippen LogP contribution in [0.25, 0.3) is 23.2 Å². The van der Waals surface area contributed by atoms with Gasteiger partial charge in [-0.2, -0.15) is 0 Å². The number of carbonyl (C=O) groups is 1. The van der Waals surface area contributed by atoms with E-state index >= 15 is 0 Å². The summed E-state index contributed by atoms with van der Waals surface area (Å²) in [5.41, 5.74) is 5.74. The number of nitrogens with one attached hydrogen (secondary N) is 2. The van der Waals surface area contributed by atoms with Crippen LogP contribution in [0.5, 0.6) is 0 Å². The van der Waals surface area contributed by atoms with Gasteiger partial charge in [-0.25, -0.2) is 0 Å². The Balaban J connectivity index is 2.28. The Labute approximate surface area is 123 Å². The standard InChI is InChI=1S/C16H20N4O/c1-3-8-18-16(15(17)21)9-12-11-6-4-5-7-13(11)20(2)14(12)10-19-16/h4-7,9-10,18-19H,3,8H2,1-2H3,(H2,17,21). The van der Waals surface area contributed by atoms with E-state index < -0.39 is 11.6 Å². The molecule has 4 N–H and O–H groups in total. The van der Waals surface area contributed by atoms with E-state index in [9.17, 15) is 4.79 Å². The van der Waals surface area contributed by atoms with Gasteiger partial charge in [0, 0.05) is 29.4 Å². The van der Waals surface area contributed by atoms with E-state index in [4.69, 9.17) is 5.73 Å². The minimum atomic E-state index is -1.02. The summed E-state index contributed by atoms with van der Waals surface area (Å²) in [6.45, 7) is 2.76. The van der Waals surface area contributed by atoms with Crippen molar-refractivity contribution in [1.29, 1.82) is 0 Å². The number of amides is 1. The van der Waals surface area contributed by atoms with Crippen molar-refractivity contribution in [2.45, 2.75) is 19.0 Å². The van der Waals surface area contributed by atoms with E-state index in [0.29, 0.717) is 6.54 Å². The number of primary amides is 1. The Kier molecular flexibility index (Phi) is 3.22. The van der Waals surface area contributed by atoms with Gasteiger partial charge in [-0.3, -0.25) is 10.1 Å². The molecule has 0 radical (unpaired) electrons. The van der Waals surface area contributed by atoms with Gasteiger partial charge in [-0.05, 0) is 25.1 Å². The molecule has 2 heterocycles. The van der Waals surface area contributed by atoms with Gasteiger partial charge in [0.25, 0.3) is 5.91 Å². The fourth-order valence-corrected chi connectivity index (χ4v) is 2.86. The van der Waals surface area contributed by atoms with Crippen LogP contribution in [0.15, 0.2) is 24.3 Å². The van der Waals surface area contributed by atoms with Crippen molar-refractivity contribution >= 4 is 29.1 Å². The molecule has 2 aromatic rings. The van der Waals surface area contributed by atoms with Crippen LogP contribution >= 0.6 is 0 Å².